The molecule has 5 rings (SSSR count). The third-order valence-corrected chi connectivity index (χ3v) is 4.18. The van der Waals surface area contributed by atoms with E-state index in [0.717, 1.165) is 38.9 Å². The molecule has 0 unspecified atom stereocenters. The molecule has 0 spiro atoms. The van der Waals surface area contributed by atoms with Gasteiger partial charge in [-0.05, 0) is 12.1 Å². The van der Waals surface area contributed by atoms with Crippen LogP contribution in [0.4, 0.5) is 0 Å². The van der Waals surface area contributed by atoms with Gasteiger partial charge in [0.15, 0.2) is 0 Å². The molecule has 0 aliphatic rings. The van der Waals surface area contributed by atoms with Crippen LogP contribution >= 0.6 is 0 Å². The van der Waals surface area contributed by atoms with Crippen molar-refractivity contribution >= 4 is 21.7 Å². The lowest BCUT2D eigenvalue weighted by Gasteiger charge is -1.99. The molecule has 24 heavy (non-hydrogen) atoms. The third kappa shape index (κ3) is 1.83. The number of rotatable bonds is 2. The predicted molar refractivity (Wildman–Crippen MR) is 87.5 cm³/mol. The van der Waals surface area contributed by atoms with Crippen molar-refractivity contribution in [3.63, 3.8) is 0 Å². The van der Waals surface area contributed by atoms with Crippen LogP contribution in [0.15, 0.2) is 58.4 Å². The Morgan fingerprint density at radius 1 is 1.17 bits per heavy atom. The van der Waals surface area contributed by atoms with E-state index in [1.165, 1.54) is 0 Å². The quantitative estimate of drug-likeness (QED) is 0.371. The second kappa shape index (κ2) is 4.61. The number of hydrogen-bond donors (Lipinski definition) is 0. The van der Waals surface area contributed by atoms with Crippen molar-refractivity contribution in [2.45, 2.75) is 0 Å². The number of furan rings is 2. The Kier molecular flexibility index (Phi) is 2.53. The standard InChI is InChI=1S/C18H14N4O2/c1-20-3-4-22(11-20)18-13-6-14-15(16-7-21(2)10-19-16)9-23-17(14)5-12(13)8-24-18/h3-10H,1-2H3. The van der Waals surface area contributed by atoms with E-state index in [0.29, 0.717) is 0 Å². The third-order valence-electron chi connectivity index (χ3n) is 4.18. The molecular formula is C18H14N4O2. The minimum Gasteiger partial charge on any atom is -0.473 e. The van der Waals surface area contributed by atoms with Crippen LogP contribution in [0.1, 0.15) is 0 Å². The van der Waals surface area contributed by atoms with E-state index in [1.807, 2.05) is 52.5 Å². The number of hydrogen-bond acceptors (Lipinski definition) is 3. The molecular weight excluding hydrogens is 304 g/mol. The van der Waals surface area contributed by atoms with Gasteiger partial charge in [0.1, 0.15) is 11.8 Å². The summed E-state index contributed by atoms with van der Waals surface area (Å²) in [5.41, 5.74) is 2.68. The molecule has 0 amide bonds. The van der Waals surface area contributed by atoms with Crippen molar-refractivity contribution in [3.05, 3.63) is 55.9 Å². The summed E-state index contributed by atoms with van der Waals surface area (Å²) in [5.74, 6) is 0.737. The first-order valence-electron chi connectivity index (χ1n) is 7.56. The number of fused-ring (bicyclic) bond motifs is 2. The van der Waals surface area contributed by atoms with Crippen LogP contribution in [-0.4, -0.2) is 14.1 Å². The van der Waals surface area contributed by atoms with Gasteiger partial charge in [-0.1, -0.05) is 0 Å². The number of imidazole rings is 2. The Morgan fingerprint density at radius 3 is 2.83 bits per heavy atom. The van der Waals surface area contributed by atoms with Crippen LogP contribution in [0, 0.1) is 6.33 Å². The molecule has 0 aliphatic carbocycles. The van der Waals surface area contributed by atoms with Crippen molar-refractivity contribution < 1.29 is 13.4 Å². The Labute approximate surface area is 137 Å². The summed E-state index contributed by atoms with van der Waals surface area (Å²) in [4.78, 5) is 4.42. The Balaban J connectivity index is 1.78. The molecule has 0 fully saturated rings. The number of benzene rings is 1. The fourth-order valence-corrected chi connectivity index (χ4v) is 3.01. The summed E-state index contributed by atoms with van der Waals surface area (Å²) in [6.07, 6.45) is 14.2. The van der Waals surface area contributed by atoms with Crippen LogP contribution in [0.5, 0.6) is 0 Å². The van der Waals surface area contributed by atoms with Crippen LogP contribution < -0.4 is 4.57 Å². The maximum Gasteiger partial charge on any atom is 0.245 e. The van der Waals surface area contributed by atoms with Crippen LogP contribution in [0.3, 0.4) is 0 Å². The van der Waals surface area contributed by atoms with Crippen LogP contribution in [-0.2, 0) is 14.1 Å². The first-order valence-corrected chi connectivity index (χ1v) is 7.56. The first kappa shape index (κ1) is 13.2. The lowest BCUT2D eigenvalue weighted by Crippen LogP contribution is -2.24. The molecule has 6 nitrogen and oxygen atoms in total. The van der Waals surface area contributed by atoms with E-state index in [9.17, 15) is 0 Å². The van der Waals surface area contributed by atoms with E-state index >= 15 is 0 Å². The highest BCUT2D eigenvalue weighted by molar-refractivity contribution is 6.04. The molecule has 118 valence electrons. The summed E-state index contributed by atoms with van der Waals surface area (Å²) in [7, 11) is 3.88. The Bertz CT molecular complexity index is 1100. The summed E-state index contributed by atoms with van der Waals surface area (Å²) in [6.45, 7) is 0. The van der Waals surface area contributed by atoms with Crippen molar-refractivity contribution in [2.24, 2.45) is 14.1 Å². The predicted octanol–water partition coefficient (Wildman–Crippen LogP) is 2.99. The molecule has 0 radical (unpaired) electrons. The molecule has 5 aromatic rings. The second-order valence-electron chi connectivity index (χ2n) is 5.93. The molecule has 0 aliphatic heterocycles. The number of aryl methyl sites for hydroxylation is 2. The van der Waals surface area contributed by atoms with Gasteiger partial charge in [0, 0.05) is 47.4 Å². The normalized spacial score (nSPS) is 11.8. The van der Waals surface area contributed by atoms with E-state index in [2.05, 4.69) is 17.4 Å². The minimum atomic E-state index is 0.737. The highest BCUT2D eigenvalue weighted by Crippen LogP contribution is 2.35. The Hall–Kier alpha value is -3.28. The maximum absolute atomic E-state index is 5.76. The van der Waals surface area contributed by atoms with E-state index in [1.54, 1.807) is 18.9 Å². The van der Waals surface area contributed by atoms with Gasteiger partial charge in [0.25, 0.3) is 0 Å². The van der Waals surface area contributed by atoms with Gasteiger partial charge in [-0.2, -0.15) is 0 Å². The maximum atomic E-state index is 5.76. The van der Waals surface area contributed by atoms with Crippen molar-refractivity contribution in [2.75, 3.05) is 0 Å². The summed E-state index contributed by atoms with van der Waals surface area (Å²) >= 11 is 0. The molecule has 1 aromatic carbocycles. The smallest absolute Gasteiger partial charge is 0.245 e. The van der Waals surface area contributed by atoms with Crippen molar-refractivity contribution in [1.82, 2.24) is 14.1 Å². The zero-order valence-corrected chi connectivity index (χ0v) is 13.2. The number of aromatic nitrogens is 4. The average molecular weight is 318 g/mol. The summed E-state index contributed by atoms with van der Waals surface area (Å²) in [6, 6.07) is 4.08. The van der Waals surface area contributed by atoms with E-state index in [-0.39, 0.29) is 0 Å². The molecule has 0 saturated carbocycles. The fourth-order valence-electron chi connectivity index (χ4n) is 3.01. The highest BCUT2D eigenvalue weighted by atomic mass is 16.3. The van der Waals surface area contributed by atoms with Gasteiger partial charge in [0.05, 0.1) is 25.3 Å². The van der Waals surface area contributed by atoms with Gasteiger partial charge < -0.3 is 18.0 Å². The zero-order chi connectivity index (χ0) is 16.3. The van der Waals surface area contributed by atoms with Crippen molar-refractivity contribution in [1.29, 1.82) is 0 Å². The molecule has 6 heteroatoms. The lowest BCUT2D eigenvalue weighted by molar-refractivity contribution is -0.674. The monoisotopic (exact) mass is 318 g/mol. The topological polar surface area (TPSA) is 52.9 Å². The SMILES string of the molecule is Cn1cnc(-c2coc3cc4coc(-n5[c-][n+](C)cc5)c4cc23)c1. The zero-order valence-electron chi connectivity index (χ0n) is 13.2. The molecule has 0 saturated heterocycles. The van der Waals surface area contributed by atoms with Gasteiger partial charge in [0.2, 0.25) is 12.2 Å². The first-order chi connectivity index (χ1) is 11.7. The van der Waals surface area contributed by atoms with Gasteiger partial charge in [-0.3, -0.25) is 4.57 Å². The summed E-state index contributed by atoms with van der Waals surface area (Å²) < 4.78 is 17.1. The second-order valence-corrected chi connectivity index (χ2v) is 5.93. The Morgan fingerprint density at radius 2 is 2.08 bits per heavy atom. The molecule has 0 bridgehead atoms. The highest BCUT2D eigenvalue weighted by Gasteiger charge is 2.15. The van der Waals surface area contributed by atoms with Crippen LogP contribution in [0.25, 0.3) is 38.9 Å². The fraction of sp³-hybridized carbons (Fsp3) is 0.111. The van der Waals surface area contributed by atoms with Crippen molar-refractivity contribution in [3.8, 4) is 17.1 Å². The van der Waals surface area contributed by atoms with E-state index in [4.69, 9.17) is 8.83 Å². The largest absolute Gasteiger partial charge is 0.473 e. The van der Waals surface area contributed by atoms with Gasteiger partial charge in [-0.25, -0.2) is 4.98 Å². The minimum absolute atomic E-state index is 0.737. The molecule has 4 aromatic heterocycles. The van der Waals surface area contributed by atoms with Crippen LogP contribution in [0.2, 0.25) is 0 Å². The molecule has 4 heterocycles. The summed E-state index contributed by atoms with van der Waals surface area (Å²) in [5, 5.41) is 3.01. The average Bonchev–Trinajstić information content (AvgIpc) is 3.31. The lowest BCUT2D eigenvalue weighted by atomic mass is 10.1. The van der Waals surface area contributed by atoms with E-state index < -0.39 is 0 Å². The van der Waals surface area contributed by atoms with Gasteiger partial charge >= 0.3 is 0 Å². The molecule has 0 N–H and O–H groups in total. The van der Waals surface area contributed by atoms with Gasteiger partial charge in [-0.15, -0.1) is 0 Å². The number of nitrogens with zero attached hydrogens (tertiary/aromatic N) is 4. The molecule has 0 atom stereocenters.